The molecule has 0 bridgehead atoms. The van der Waals surface area contributed by atoms with Crippen LogP contribution in [0.3, 0.4) is 0 Å². The highest BCUT2D eigenvalue weighted by Crippen LogP contribution is 2.34. The Hall–Kier alpha value is -4.17. The minimum absolute atomic E-state index is 0.00182. The number of anilines is 2. The third kappa shape index (κ3) is 7.44. The van der Waals surface area contributed by atoms with E-state index < -0.39 is 55.3 Å². The highest BCUT2D eigenvalue weighted by atomic mass is 35.5. The van der Waals surface area contributed by atoms with E-state index in [0.29, 0.717) is 23.1 Å². The fraction of sp³-hybridized carbons (Fsp3) is 0.355. The molecule has 0 unspecified atom stereocenters. The van der Waals surface area contributed by atoms with Gasteiger partial charge in [-0.25, -0.2) is 41.3 Å². The van der Waals surface area contributed by atoms with Crippen LogP contribution in [0, 0.1) is 24.4 Å². The lowest BCUT2D eigenvalue weighted by Crippen LogP contribution is -2.42. The van der Waals surface area contributed by atoms with Gasteiger partial charge in [0.05, 0.1) is 22.4 Å². The first-order valence-electron chi connectivity index (χ1n) is 14.5. The van der Waals surface area contributed by atoms with Crippen LogP contribution in [-0.2, 0) is 14.8 Å². The second-order valence-corrected chi connectivity index (χ2v) is 14.1. The van der Waals surface area contributed by atoms with Crippen molar-refractivity contribution in [3.63, 3.8) is 0 Å². The molecule has 1 aliphatic carbocycles. The summed E-state index contributed by atoms with van der Waals surface area (Å²) in [6.45, 7) is 7.12. The molecular weight excluding hydrogens is 645 g/mol. The number of amides is 1. The number of pyridine rings is 1. The van der Waals surface area contributed by atoms with Gasteiger partial charge in [0.1, 0.15) is 21.7 Å². The molecule has 1 aliphatic rings. The maximum Gasteiger partial charge on any atom is 0.407 e. The molecule has 46 heavy (non-hydrogen) atoms. The first-order chi connectivity index (χ1) is 21.6. The van der Waals surface area contributed by atoms with Crippen LogP contribution >= 0.6 is 11.6 Å². The molecule has 244 valence electrons. The second kappa shape index (κ2) is 12.9. The number of carbonyl (C=O) groups excluding carboxylic acids is 1. The number of sulfonamides is 1. The Morgan fingerprint density at radius 3 is 2.35 bits per heavy atom. The van der Waals surface area contributed by atoms with Gasteiger partial charge in [-0.1, -0.05) is 23.7 Å². The van der Waals surface area contributed by atoms with Crippen LogP contribution in [-0.4, -0.2) is 47.1 Å². The molecule has 4 aromatic rings. The van der Waals surface area contributed by atoms with E-state index in [1.165, 1.54) is 30.5 Å². The fourth-order valence-electron chi connectivity index (χ4n) is 5.16. The SMILES string of the molecule is Cc1cc(-c2cc(F)c(NS(=O)(=O)c3ccccc3Cl)c(F)c2F)nc2cnc(NC3CCC(NC(=O)OC(C)(C)C)CC3)nc12. The van der Waals surface area contributed by atoms with Gasteiger partial charge in [-0.05, 0) is 83.2 Å². The minimum Gasteiger partial charge on any atom is -0.444 e. The minimum atomic E-state index is -4.54. The standard InChI is InChI=1S/C31H32ClF3N6O4S/c1-16-13-22(19-14-21(33)28(26(35)25(19)34)41-46(43,44)24-8-6-5-7-20(24)32)39-23-15-36-29(40-27(16)23)37-17-9-11-18(12-10-17)38-30(42)45-31(2,3)4/h5-8,13-15,17-18,41H,9-12H2,1-4H3,(H,38,42)(H,36,37,40). The Balaban J connectivity index is 1.31. The van der Waals surface area contributed by atoms with Gasteiger partial charge in [0.25, 0.3) is 10.0 Å². The van der Waals surface area contributed by atoms with Gasteiger partial charge in [0.15, 0.2) is 17.5 Å². The monoisotopic (exact) mass is 676 g/mol. The zero-order valence-corrected chi connectivity index (χ0v) is 27.0. The zero-order valence-electron chi connectivity index (χ0n) is 25.4. The van der Waals surface area contributed by atoms with Crippen molar-refractivity contribution in [3.8, 4) is 11.3 Å². The van der Waals surface area contributed by atoms with Gasteiger partial charge in [0.2, 0.25) is 5.95 Å². The van der Waals surface area contributed by atoms with Crippen molar-refractivity contribution in [2.75, 3.05) is 10.0 Å². The van der Waals surface area contributed by atoms with Gasteiger partial charge in [-0.2, -0.15) is 0 Å². The van der Waals surface area contributed by atoms with Crippen molar-refractivity contribution >= 4 is 50.4 Å². The molecule has 2 aromatic heterocycles. The molecule has 2 aromatic carbocycles. The molecular formula is C31H32ClF3N6O4S. The van der Waals surface area contributed by atoms with Gasteiger partial charge >= 0.3 is 6.09 Å². The average molecular weight is 677 g/mol. The summed E-state index contributed by atoms with van der Waals surface area (Å²) in [6, 6.07) is 7.47. The predicted molar refractivity (Wildman–Crippen MR) is 169 cm³/mol. The second-order valence-electron chi connectivity index (χ2n) is 12.0. The quantitative estimate of drug-likeness (QED) is 0.176. The third-order valence-corrected chi connectivity index (χ3v) is 9.16. The van der Waals surface area contributed by atoms with E-state index in [0.717, 1.165) is 31.7 Å². The first-order valence-corrected chi connectivity index (χ1v) is 16.3. The molecule has 0 aliphatic heterocycles. The lowest BCUT2D eigenvalue weighted by Gasteiger charge is -2.30. The molecule has 15 heteroatoms. The first kappa shape index (κ1) is 33.2. The lowest BCUT2D eigenvalue weighted by molar-refractivity contribution is 0.0492. The van der Waals surface area contributed by atoms with Crippen molar-refractivity contribution in [1.82, 2.24) is 20.3 Å². The normalized spacial score (nSPS) is 17.0. The molecule has 0 saturated heterocycles. The number of hydrogen-bond donors (Lipinski definition) is 3. The maximum atomic E-state index is 15.3. The van der Waals surface area contributed by atoms with Crippen LogP contribution < -0.4 is 15.4 Å². The van der Waals surface area contributed by atoms with E-state index in [-0.39, 0.29) is 28.3 Å². The summed E-state index contributed by atoms with van der Waals surface area (Å²) in [5, 5.41) is 6.03. The molecule has 1 saturated carbocycles. The van der Waals surface area contributed by atoms with E-state index in [1.807, 2.05) is 20.8 Å². The Kier molecular flexibility index (Phi) is 9.32. The van der Waals surface area contributed by atoms with Crippen molar-refractivity contribution in [1.29, 1.82) is 0 Å². The van der Waals surface area contributed by atoms with E-state index in [2.05, 4.69) is 25.6 Å². The number of fused-ring (bicyclic) bond motifs is 1. The van der Waals surface area contributed by atoms with E-state index in [1.54, 1.807) is 11.6 Å². The third-order valence-electron chi connectivity index (χ3n) is 7.32. The Morgan fingerprint density at radius 1 is 1.00 bits per heavy atom. The smallest absolute Gasteiger partial charge is 0.407 e. The molecule has 2 heterocycles. The van der Waals surface area contributed by atoms with Gasteiger partial charge in [-0.15, -0.1) is 0 Å². The van der Waals surface area contributed by atoms with E-state index in [9.17, 15) is 13.2 Å². The number of alkyl carbamates (subject to hydrolysis) is 1. The topological polar surface area (TPSA) is 135 Å². The number of carbonyl (C=O) groups is 1. The summed E-state index contributed by atoms with van der Waals surface area (Å²) < 4.78 is 78.1. The van der Waals surface area contributed by atoms with Gasteiger partial charge < -0.3 is 15.4 Å². The number of nitrogens with one attached hydrogen (secondary N) is 3. The van der Waals surface area contributed by atoms with Gasteiger partial charge in [0, 0.05) is 17.6 Å². The number of ether oxygens (including phenoxy) is 1. The summed E-state index contributed by atoms with van der Waals surface area (Å²) in [4.78, 5) is 24.9. The molecule has 1 fully saturated rings. The van der Waals surface area contributed by atoms with Crippen LogP contribution in [0.2, 0.25) is 5.02 Å². The van der Waals surface area contributed by atoms with Crippen molar-refractivity contribution in [2.45, 2.75) is 76.0 Å². The Morgan fingerprint density at radius 2 is 1.67 bits per heavy atom. The molecule has 3 N–H and O–H groups in total. The molecule has 1 amide bonds. The summed E-state index contributed by atoms with van der Waals surface area (Å²) in [7, 11) is -4.54. The number of aromatic nitrogens is 3. The number of rotatable bonds is 7. The van der Waals surface area contributed by atoms with Crippen LogP contribution in [0.5, 0.6) is 0 Å². The zero-order chi connectivity index (χ0) is 33.4. The highest BCUT2D eigenvalue weighted by molar-refractivity contribution is 7.92. The molecule has 0 atom stereocenters. The van der Waals surface area contributed by atoms with Crippen LogP contribution in [0.15, 0.2) is 47.5 Å². The number of halogens is 4. The summed E-state index contributed by atoms with van der Waals surface area (Å²) >= 11 is 5.93. The lowest BCUT2D eigenvalue weighted by atomic mass is 9.91. The van der Waals surface area contributed by atoms with Crippen LogP contribution in [0.25, 0.3) is 22.3 Å². The largest absolute Gasteiger partial charge is 0.444 e. The number of nitrogens with zero attached hydrogens (tertiary/aromatic N) is 3. The summed E-state index contributed by atoms with van der Waals surface area (Å²) in [5.41, 5.74) is -1.12. The van der Waals surface area contributed by atoms with E-state index >= 15 is 13.2 Å². The van der Waals surface area contributed by atoms with Crippen LogP contribution in [0.1, 0.15) is 52.0 Å². The Bertz CT molecular complexity index is 1920. The number of aryl methyl sites for hydroxylation is 1. The molecule has 5 rings (SSSR count). The van der Waals surface area contributed by atoms with Crippen LogP contribution in [0.4, 0.5) is 29.6 Å². The summed E-state index contributed by atoms with van der Waals surface area (Å²) in [5.74, 6) is -4.24. The molecule has 0 radical (unpaired) electrons. The van der Waals surface area contributed by atoms with Crippen molar-refractivity contribution < 1.29 is 31.1 Å². The molecule has 0 spiro atoms. The molecule has 10 nitrogen and oxygen atoms in total. The Labute approximate surface area is 269 Å². The predicted octanol–water partition coefficient (Wildman–Crippen LogP) is 7.12. The van der Waals surface area contributed by atoms with E-state index in [4.69, 9.17) is 16.3 Å². The van der Waals surface area contributed by atoms with Crippen molar-refractivity contribution in [2.24, 2.45) is 0 Å². The maximum absolute atomic E-state index is 15.3. The number of benzene rings is 2. The van der Waals surface area contributed by atoms with Crippen molar-refractivity contribution in [3.05, 3.63) is 70.6 Å². The van der Waals surface area contributed by atoms with Gasteiger partial charge in [-0.3, -0.25) is 4.72 Å². The highest BCUT2D eigenvalue weighted by Gasteiger charge is 2.28. The average Bonchev–Trinajstić information content (AvgIpc) is 2.97. The fourth-order valence-corrected chi connectivity index (χ4v) is 6.75. The number of hydrogen-bond acceptors (Lipinski definition) is 8. The summed E-state index contributed by atoms with van der Waals surface area (Å²) in [6.07, 6.45) is 4.00.